The average molecular weight is 530 g/mol. The third-order valence-corrected chi connectivity index (χ3v) is 8.61. The van der Waals surface area contributed by atoms with Crippen molar-refractivity contribution in [3.8, 4) is 23.0 Å². The number of rotatable bonds is 6. The van der Waals surface area contributed by atoms with Crippen molar-refractivity contribution in [2.45, 2.75) is 50.1 Å². The van der Waals surface area contributed by atoms with Gasteiger partial charge in [0.25, 0.3) is 0 Å². The number of nitrogens with one attached hydrogen (secondary N) is 1. The second-order valence-electron chi connectivity index (χ2n) is 11.0. The Kier molecular flexibility index (Phi) is 6.20. The van der Waals surface area contributed by atoms with Crippen LogP contribution in [0.25, 0.3) is 32.9 Å². The minimum Gasteiger partial charge on any atom is -0.508 e. The highest BCUT2D eigenvalue weighted by Crippen LogP contribution is 2.40. The second kappa shape index (κ2) is 9.88. The van der Waals surface area contributed by atoms with E-state index in [2.05, 4.69) is 20.2 Å². The molecule has 2 N–H and O–H groups in total. The number of ether oxygens (including phenoxy) is 2. The van der Waals surface area contributed by atoms with Crippen LogP contribution in [0.1, 0.15) is 38.5 Å². The van der Waals surface area contributed by atoms with Crippen LogP contribution in [0.2, 0.25) is 0 Å². The molecule has 0 bridgehead atoms. The van der Waals surface area contributed by atoms with Crippen molar-refractivity contribution in [1.82, 2.24) is 19.9 Å². The Morgan fingerprint density at radius 3 is 2.69 bits per heavy atom. The van der Waals surface area contributed by atoms with Crippen molar-refractivity contribution in [3.05, 3.63) is 48.4 Å². The molecule has 2 aromatic carbocycles. The maximum Gasteiger partial charge on any atom is 0.319 e. The van der Waals surface area contributed by atoms with Crippen molar-refractivity contribution in [3.63, 3.8) is 0 Å². The Balaban J connectivity index is 1.32. The largest absolute Gasteiger partial charge is 0.508 e. The molecule has 3 fully saturated rings. The molecular weight excluding hydrogens is 497 g/mol. The fourth-order valence-corrected chi connectivity index (χ4v) is 6.58. The van der Waals surface area contributed by atoms with Gasteiger partial charge in [0.2, 0.25) is 0 Å². The maximum absolute atomic E-state index is 16.4. The Labute approximate surface area is 226 Å². The van der Waals surface area contributed by atoms with Crippen LogP contribution in [-0.4, -0.2) is 69.4 Å². The van der Waals surface area contributed by atoms with E-state index in [4.69, 9.17) is 14.5 Å². The molecule has 2 aromatic heterocycles. The summed E-state index contributed by atoms with van der Waals surface area (Å²) in [6.07, 6.45) is 7.82. The molecule has 8 nitrogen and oxygen atoms in total. The molecule has 3 saturated heterocycles. The Hall–Kier alpha value is -3.56. The lowest BCUT2D eigenvalue weighted by atomic mass is 9.95. The van der Waals surface area contributed by atoms with Crippen molar-refractivity contribution in [2.24, 2.45) is 0 Å². The van der Waals surface area contributed by atoms with Crippen LogP contribution >= 0.6 is 0 Å². The van der Waals surface area contributed by atoms with E-state index in [1.54, 1.807) is 18.3 Å². The van der Waals surface area contributed by atoms with Gasteiger partial charge >= 0.3 is 6.01 Å². The molecule has 9 heteroatoms. The molecule has 0 amide bonds. The summed E-state index contributed by atoms with van der Waals surface area (Å²) in [4.78, 5) is 16.4. The number of phenols is 1. The first kappa shape index (κ1) is 24.5. The molecule has 3 aliphatic rings. The van der Waals surface area contributed by atoms with Gasteiger partial charge in [0.1, 0.15) is 29.4 Å². The van der Waals surface area contributed by atoms with E-state index in [9.17, 15) is 5.11 Å². The predicted octanol–water partition coefficient (Wildman–Crippen LogP) is 5.29. The summed E-state index contributed by atoms with van der Waals surface area (Å²) in [6, 6.07) is 11.1. The van der Waals surface area contributed by atoms with Crippen LogP contribution in [0.4, 0.5) is 10.2 Å². The van der Waals surface area contributed by atoms with Gasteiger partial charge in [-0.05, 0) is 74.5 Å². The highest BCUT2D eigenvalue weighted by molar-refractivity contribution is 5.99. The standard InChI is InChI=1S/C30H32FN5O3/c31-25-26(23-16-21(37)15-19-5-1-2-6-22(19)23)32-17-24-27(25)34-29(35-28(24)33-20-7-13-38-14-8-20)39-18-30-9-3-11-36(30)12-4-10-30/h1-2,5-6,15-17,20,37H,3-4,7-14,18H2,(H,33,34,35). The molecule has 3 aliphatic heterocycles. The molecule has 5 heterocycles. The first-order valence-electron chi connectivity index (χ1n) is 13.9. The van der Waals surface area contributed by atoms with Crippen molar-refractivity contribution in [2.75, 3.05) is 38.2 Å². The zero-order valence-electron chi connectivity index (χ0n) is 21.8. The van der Waals surface area contributed by atoms with Crippen molar-refractivity contribution < 1.29 is 19.0 Å². The first-order chi connectivity index (χ1) is 19.1. The Bertz CT molecular complexity index is 1530. The molecule has 0 saturated carbocycles. The maximum atomic E-state index is 16.4. The van der Waals surface area contributed by atoms with Crippen LogP contribution in [0, 0.1) is 5.82 Å². The van der Waals surface area contributed by atoms with Crippen LogP contribution in [0.5, 0.6) is 11.8 Å². The van der Waals surface area contributed by atoms with Gasteiger partial charge in [0, 0.05) is 31.0 Å². The number of halogens is 1. The quantitative estimate of drug-likeness (QED) is 0.348. The summed E-state index contributed by atoms with van der Waals surface area (Å²) >= 11 is 0. The molecule has 39 heavy (non-hydrogen) atoms. The number of aromatic nitrogens is 3. The normalized spacial score (nSPS) is 19.5. The molecule has 0 spiro atoms. The smallest absolute Gasteiger partial charge is 0.319 e. The summed E-state index contributed by atoms with van der Waals surface area (Å²) in [7, 11) is 0. The molecule has 7 rings (SSSR count). The van der Waals surface area contributed by atoms with Gasteiger partial charge in [-0.1, -0.05) is 24.3 Å². The van der Waals surface area contributed by atoms with E-state index in [1.165, 1.54) is 12.8 Å². The molecule has 0 atom stereocenters. The van der Waals surface area contributed by atoms with Gasteiger partial charge < -0.3 is 19.9 Å². The van der Waals surface area contributed by atoms with Crippen LogP contribution in [-0.2, 0) is 4.74 Å². The van der Waals surface area contributed by atoms with Crippen molar-refractivity contribution >= 4 is 27.5 Å². The average Bonchev–Trinajstić information content (AvgIpc) is 3.53. The number of nitrogens with zero attached hydrogens (tertiary/aromatic N) is 4. The number of anilines is 1. The Morgan fingerprint density at radius 2 is 1.87 bits per heavy atom. The van der Waals surface area contributed by atoms with E-state index in [1.807, 2.05) is 24.3 Å². The molecule has 4 aromatic rings. The monoisotopic (exact) mass is 529 g/mol. The van der Waals surface area contributed by atoms with E-state index in [-0.39, 0.29) is 34.6 Å². The summed E-state index contributed by atoms with van der Waals surface area (Å²) in [6.45, 7) is 4.03. The number of phenolic OH excluding ortho intramolecular Hbond substituents is 1. The number of hydrogen-bond acceptors (Lipinski definition) is 8. The zero-order valence-corrected chi connectivity index (χ0v) is 21.8. The zero-order chi connectivity index (χ0) is 26.4. The van der Waals surface area contributed by atoms with Gasteiger partial charge in [0.15, 0.2) is 5.82 Å². The third kappa shape index (κ3) is 4.43. The molecular formula is C30H32FN5O3. The van der Waals surface area contributed by atoms with Gasteiger partial charge in [0.05, 0.1) is 10.9 Å². The van der Waals surface area contributed by atoms with E-state index < -0.39 is 5.82 Å². The number of fused-ring (bicyclic) bond motifs is 3. The lowest BCUT2D eigenvalue weighted by molar-refractivity contribution is 0.0903. The summed E-state index contributed by atoms with van der Waals surface area (Å²) < 4.78 is 28.1. The predicted molar refractivity (Wildman–Crippen MR) is 148 cm³/mol. The van der Waals surface area contributed by atoms with Gasteiger partial charge in [-0.25, -0.2) is 4.39 Å². The fourth-order valence-electron chi connectivity index (χ4n) is 6.58. The van der Waals surface area contributed by atoms with Crippen LogP contribution < -0.4 is 10.1 Å². The lowest BCUT2D eigenvalue weighted by Gasteiger charge is -2.31. The minimum absolute atomic E-state index is 0.0229. The Morgan fingerprint density at radius 1 is 1.08 bits per heavy atom. The minimum atomic E-state index is -0.563. The van der Waals surface area contributed by atoms with E-state index in [0.29, 0.717) is 36.6 Å². The number of pyridine rings is 1. The summed E-state index contributed by atoms with van der Waals surface area (Å²) in [5, 5.41) is 16.0. The number of hydrogen-bond donors (Lipinski definition) is 2. The fraction of sp³-hybridized carbons (Fsp3) is 0.433. The van der Waals surface area contributed by atoms with Crippen LogP contribution in [0.15, 0.2) is 42.6 Å². The van der Waals surface area contributed by atoms with Crippen LogP contribution in [0.3, 0.4) is 0 Å². The van der Waals surface area contributed by atoms with Crippen molar-refractivity contribution in [1.29, 1.82) is 0 Å². The lowest BCUT2D eigenvalue weighted by Crippen LogP contribution is -2.43. The second-order valence-corrected chi connectivity index (χ2v) is 11.0. The van der Waals surface area contributed by atoms with Gasteiger partial charge in [-0.2, -0.15) is 9.97 Å². The SMILES string of the molecule is Oc1cc(-c2ncc3c(NC4CCOCC4)nc(OCC45CCCN4CCC5)nc3c2F)c2ccccc2c1. The molecule has 0 aliphatic carbocycles. The molecule has 0 radical (unpaired) electrons. The summed E-state index contributed by atoms with van der Waals surface area (Å²) in [5.74, 6) is 0.00962. The molecule has 202 valence electrons. The number of benzene rings is 2. The van der Waals surface area contributed by atoms with Gasteiger partial charge in [-0.15, -0.1) is 0 Å². The first-order valence-corrected chi connectivity index (χ1v) is 13.9. The van der Waals surface area contributed by atoms with Gasteiger partial charge in [-0.3, -0.25) is 9.88 Å². The highest BCUT2D eigenvalue weighted by atomic mass is 19.1. The van der Waals surface area contributed by atoms with E-state index >= 15 is 4.39 Å². The number of aromatic hydroxyl groups is 1. The summed E-state index contributed by atoms with van der Waals surface area (Å²) in [5.41, 5.74) is 0.818. The highest BCUT2D eigenvalue weighted by Gasteiger charge is 2.45. The third-order valence-electron chi connectivity index (χ3n) is 8.61. The molecule has 0 unspecified atom stereocenters. The topological polar surface area (TPSA) is 92.6 Å². The van der Waals surface area contributed by atoms with E-state index in [0.717, 1.165) is 49.5 Å².